The van der Waals surface area contributed by atoms with Crippen molar-refractivity contribution < 1.29 is 0 Å². The van der Waals surface area contributed by atoms with Crippen LogP contribution in [0.5, 0.6) is 0 Å². The molecule has 0 aliphatic rings. The van der Waals surface area contributed by atoms with Crippen LogP contribution in [0.4, 0.5) is 0 Å². The Kier molecular flexibility index (Phi) is 2.91. The van der Waals surface area contributed by atoms with Gasteiger partial charge in [0.25, 0.3) is 0 Å². The SMILES string of the molecule is CC(C)n1c(CCCl)nc2cccnc21. The Morgan fingerprint density at radius 2 is 2.27 bits per heavy atom. The largest absolute Gasteiger partial charge is 0.310 e. The minimum atomic E-state index is 0.364. The fourth-order valence-electron chi connectivity index (χ4n) is 1.78. The number of alkyl halides is 1. The van der Waals surface area contributed by atoms with Crippen LogP contribution in [-0.2, 0) is 6.42 Å². The van der Waals surface area contributed by atoms with Crippen LogP contribution in [0.3, 0.4) is 0 Å². The molecule has 0 radical (unpaired) electrons. The van der Waals surface area contributed by atoms with Gasteiger partial charge in [-0.25, -0.2) is 9.97 Å². The summed E-state index contributed by atoms with van der Waals surface area (Å²) in [6.45, 7) is 4.26. The van der Waals surface area contributed by atoms with Crippen molar-refractivity contribution in [2.45, 2.75) is 26.3 Å². The third-order valence-corrected chi connectivity index (χ3v) is 2.55. The highest BCUT2D eigenvalue weighted by Crippen LogP contribution is 2.19. The molecule has 0 aliphatic heterocycles. The number of aryl methyl sites for hydroxylation is 1. The fraction of sp³-hybridized carbons (Fsp3) is 0.455. The van der Waals surface area contributed by atoms with E-state index in [4.69, 9.17) is 11.6 Å². The zero-order valence-electron chi connectivity index (χ0n) is 8.94. The van der Waals surface area contributed by atoms with Crippen LogP contribution < -0.4 is 0 Å². The Morgan fingerprint density at radius 3 is 2.93 bits per heavy atom. The third-order valence-electron chi connectivity index (χ3n) is 2.36. The third kappa shape index (κ3) is 1.84. The summed E-state index contributed by atoms with van der Waals surface area (Å²) in [5.74, 6) is 1.62. The van der Waals surface area contributed by atoms with Crippen molar-refractivity contribution in [1.82, 2.24) is 14.5 Å². The van der Waals surface area contributed by atoms with E-state index in [1.54, 1.807) is 6.20 Å². The van der Waals surface area contributed by atoms with Crippen LogP contribution in [0, 0.1) is 0 Å². The molecule has 2 heterocycles. The van der Waals surface area contributed by atoms with Gasteiger partial charge in [-0.15, -0.1) is 11.6 Å². The Balaban J connectivity index is 2.63. The van der Waals surface area contributed by atoms with Crippen LogP contribution in [-0.4, -0.2) is 20.4 Å². The lowest BCUT2D eigenvalue weighted by atomic mass is 10.3. The molecule has 4 heteroatoms. The summed E-state index contributed by atoms with van der Waals surface area (Å²) in [7, 11) is 0. The monoisotopic (exact) mass is 223 g/mol. The van der Waals surface area contributed by atoms with Gasteiger partial charge in [0, 0.05) is 24.5 Å². The smallest absolute Gasteiger partial charge is 0.160 e. The second-order valence-electron chi connectivity index (χ2n) is 3.78. The Hall–Kier alpha value is -1.09. The number of rotatable bonds is 3. The summed E-state index contributed by atoms with van der Waals surface area (Å²) in [5, 5.41) is 0. The van der Waals surface area contributed by atoms with Gasteiger partial charge in [-0.3, -0.25) is 0 Å². The minimum Gasteiger partial charge on any atom is -0.310 e. The number of aromatic nitrogens is 3. The van der Waals surface area contributed by atoms with Crippen LogP contribution in [0.15, 0.2) is 18.3 Å². The Labute approximate surface area is 94.1 Å². The number of hydrogen-bond acceptors (Lipinski definition) is 2. The average molecular weight is 224 g/mol. The first-order chi connectivity index (χ1) is 7.24. The molecule has 0 bridgehead atoms. The molecular weight excluding hydrogens is 210 g/mol. The van der Waals surface area contributed by atoms with Gasteiger partial charge >= 0.3 is 0 Å². The van der Waals surface area contributed by atoms with E-state index in [9.17, 15) is 0 Å². The van der Waals surface area contributed by atoms with Crippen molar-refractivity contribution in [3.05, 3.63) is 24.2 Å². The zero-order chi connectivity index (χ0) is 10.8. The van der Waals surface area contributed by atoms with Gasteiger partial charge in [-0.05, 0) is 26.0 Å². The molecule has 0 N–H and O–H groups in total. The van der Waals surface area contributed by atoms with Gasteiger partial charge in [0.15, 0.2) is 5.65 Å². The number of nitrogens with zero attached hydrogens (tertiary/aromatic N) is 3. The lowest BCUT2D eigenvalue weighted by Gasteiger charge is -2.11. The second-order valence-corrected chi connectivity index (χ2v) is 4.15. The van der Waals surface area contributed by atoms with E-state index in [2.05, 4.69) is 28.4 Å². The van der Waals surface area contributed by atoms with E-state index < -0.39 is 0 Å². The van der Waals surface area contributed by atoms with Gasteiger partial charge in [0.05, 0.1) is 0 Å². The molecule has 0 fully saturated rings. The summed E-state index contributed by atoms with van der Waals surface area (Å²) < 4.78 is 2.15. The quantitative estimate of drug-likeness (QED) is 0.750. The molecule has 80 valence electrons. The number of fused-ring (bicyclic) bond motifs is 1. The molecule has 2 aromatic heterocycles. The van der Waals surface area contributed by atoms with Crippen LogP contribution in [0.2, 0.25) is 0 Å². The lowest BCUT2D eigenvalue weighted by Crippen LogP contribution is -2.07. The van der Waals surface area contributed by atoms with Crippen molar-refractivity contribution >= 4 is 22.8 Å². The van der Waals surface area contributed by atoms with Crippen LogP contribution in [0.1, 0.15) is 25.7 Å². The molecule has 0 spiro atoms. The molecule has 0 atom stereocenters. The van der Waals surface area contributed by atoms with E-state index in [-0.39, 0.29) is 0 Å². The molecule has 2 rings (SSSR count). The van der Waals surface area contributed by atoms with Gasteiger partial charge in [-0.2, -0.15) is 0 Å². The van der Waals surface area contributed by atoms with E-state index in [0.29, 0.717) is 11.9 Å². The molecule has 3 nitrogen and oxygen atoms in total. The maximum Gasteiger partial charge on any atom is 0.160 e. The van der Waals surface area contributed by atoms with E-state index in [1.165, 1.54) is 0 Å². The van der Waals surface area contributed by atoms with E-state index in [0.717, 1.165) is 23.4 Å². The maximum atomic E-state index is 5.77. The predicted octanol–water partition coefficient (Wildman–Crippen LogP) is 2.79. The van der Waals surface area contributed by atoms with Gasteiger partial charge in [0.1, 0.15) is 11.3 Å². The summed E-state index contributed by atoms with van der Waals surface area (Å²) in [6.07, 6.45) is 2.59. The molecule has 15 heavy (non-hydrogen) atoms. The summed E-state index contributed by atoms with van der Waals surface area (Å²) in [6, 6.07) is 4.26. The lowest BCUT2D eigenvalue weighted by molar-refractivity contribution is 0.584. The predicted molar refractivity (Wildman–Crippen MR) is 62.3 cm³/mol. The first kappa shape index (κ1) is 10.4. The topological polar surface area (TPSA) is 30.7 Å². The average Bonchev–Trinajstić information content (AvgIpc) is 2.56. The molecule has 0 saturated carbocycles. The van der Waals surface area contributed by atoms with Crippen molar-refractivity contribution in [1.29, 1.82) is 0 Å². The summed E-state index contributed by atoms with van der Waals surface area (Å²) >= 11 is 5.77. The van der Waals surface area contributed by atoms with Gasteiger partial charge in [0.2, 0.25) is 0 Å². The van der Waals surface area contributed by atoms with E-state index >= 15 is 0 Å². The Morgan fingerprint density at radius 1 is 1.47 bits per heavy atom. The number of halogens is 1. The molecule has 0 saturated heterocycles. The zero-order valence-corrected chi connectivity index (χ0v) is 9.70. The molecule has 0 aliphatic carbocycles. The number of hydrogen-bond donors (Lipinski definition) is 0. The minimum absolute atomic E-state index is 0.364. The standard InChI is InChI=1S/C11H14ClN3/c1-8(2)15-10(5-6-12)14-9-4-3-7-13-11(9)15/h3-4,7-8H,5-6H2,1-2H3. The van der Waals surface area contributed by atoms with Crippen LogP contribution >= 0.6 is 11.6 Å². The first-order valence-corrected chi connectivity index (χ1v) is 5.65. The van der Waals surface area contributed by atoms with Crippen molar-refractivity contribution in [3.8, 4) is 0 Å². The van der Waals surface area contributed by atoms with Crippen LogP contribution in [0.25, 0.3) is 11.2 Å². The fourth-order valence-corrected chi connectivity index (χ4v) is 1.95. The summed E-state index contributed by atoms with van der Waals surface area (Å²) in [5.41, 5.74) is 1.90. The van der Waals surface area contributed by atoms with E-state index in [1.807, 2.05) is 12.1 Å². The van der Waals surface area contributed by atoms with Crippen molar-refractivity contribution in [2.75, 3.05) is 5.88 Å². The molecule has 2 aromatic rings. The van der Waals surface area contributed by atoms with Gasteiger partial charge < -0.3 is 4.57 Å². The number of pyridine rings is 1. The maximum absolute atomic E-state index is 5.77. The molecular formula is C11H14ClN3. The highest BCUT2D eigenvalue weighted by molar-refractivity contribution is 6.17. The highest BCUT2D eigenvalue weighted by Gasteiger charge is 2.12. The van der Waals surface area contributed by atoms with Crippen molar-refractivity contribution in [2.24, 2.45) is 0 Å². The molecule has 0 unspecified atom stereocenters. The molecule has 0 amide bonds. The molecule has 0 aromatic carbocycles. The highest BCUT2D eigenvalue weighted by atomic mass is 35.5. The second kappa shape index (κ2) is 4.19. The van der Waals surface area contributed by atoms with Gasteiger partial charge in [-0.1, -0.05) is 0 Å². The summed E-state index contributed by atoms with van der Waals surface area (Å²) in [4.78, 5) is 8.90. The normalized spacial score (nSPS) is 11.5. The first-order valence-electron chi connectivity index (χ1n) is 5.12. The van der Waals surface area contributed by atoms with Crippen molar-refractivity contribution in [3.63, 3.8) is 0 Å². The Bertz CT molecular complexity index is 462. The number of imidazole rings is 1.